The molecule has 0 bridgehead atoms. The Morgan fingerprint density at radius 3 is 3.09 bits per heavy atom. The van der Waals surface area contributed by atoms with Crippen LogP contribution in [-0.2, 0) is 17.8 Å². The van der Waals surface area contributed by atoms with E-state index in [9.17, 15) is 4.39 Å². The SMILES string of the molecule is Fc1cccc2c1COCC2. The largest absolute Gasteiger partial charge is 0.376 e. The van der Waals surface area contributed by atoms with Gasteiger partial charge in [-0.3, -0.25) is 0 Å². The van der Waals surface area contributed by atoms with Crippen molar-refractivity contribution < 1.29 is 9.13 Å². The molecule has 0 saturated carbocycles. The van der Waals surface area contributed by atoms with Gasteiger partial charge in [-0.15, -0.1) is 0 Å². The minimum atomic E-state index is -0.137. The Balaban J connectivity index is 2.49. The predicted molar refractivity (Wildman–Crippen MR) is 39.8 cm³/mol. The summed E-state index contributed by atoms with van der Waals surface area (Å²) in [4.78, 5) is 0. The molecule has 2 heteroatoms. The van der Waals surface area contributed by atoms with Gasteiger partial charge in [0.2, 0.25) is 0 Å². The van der Waals surface area contributed by atoms with Gasteiger partial charge < -0.3 is 4.74 Å². The molecule has 1 aliphatic rings. The Labute approximate surface area is 64.8 Å². The van der Waals surface area contributed by atoms with Crippen molar-refractivity contribution in [3.05, 3.63) is 35.1 Å². The highest BCUT2D eigenvalue weighted by molar-refractivity contribution is 5.29. The number of hydrogen-bond acceptors (Lipinski definition) is 1. The summed E-state index contributed by atoms with van der Waals surface area (Å²) in [6.07, 6.45) is 0.840. The van der Waals surface area contributed by atoms with Gasteiger partial charge in [-0.2, -0.15) is 0 Å². The fourth-order valence-electron chi connectivity index (χ4n) is 1.36. The van der Waals surface area contributed by atoms with Gasteiger partial charge in [0.1, 0.15) is 5.82 Å². The van der Waals surface area contributed by atoms with Crippen LogP contribution in [0.2, 0.25) is 0 Å². The average Bonchev–Trinajstić information content (AvgIpc) is 2.06. The number of fused-ring (bicyclic) bond motifs is 1. The third kappa shape index (κ3) is 1.14. The van der Waals surface area contributed by atoms with Crippen LogP contribution in [0.4, 0.5) is 4.39 Å². The van der Waals surface area contributed by atoms with E-state index >= 15 is 0 Å². The van der Waals surface area contributed by atoms with Crippen molar-refractivity contribution >= 4 is 0 Å². The van der Waals surface area contributed by atoms with Gasteiger partial charge in [0.05, 0.1) is 13.2 Å². The van der Waals surface area contributed by atoms with Crippen molar-refractivity contribution in [2.75, 3.05) is 6.61 Å². The molecule has 0 fully saturated rings. The van der Waals surface area contributed by atoms with Crippen molar-refractivity contribution in [3.63, 3.8) is 0 Å². The van der Waals surface area contributed by atoms with E-state index in [1.165, 1.54) is 6.07 Å². The summed E-state index contributed by atoms with van der Waals surface area (Å²) in [7, 11) is 0. The summed E-state index contributed by atoms with van der Waals surface area (Å²) in [5.74, 6) is -0.137. The summed E-state index contributed by atoms with van der Waals surface area (Å²) in [6, 6.07) is 5.19. The Hall–Kier alpha value is -0.890. The molecule has 11 heavy (non-hydrogen) atoms. The number of benzene rings is 1. The van der Waals surface area contributed by atoms with E-state index < -0.39 is 0 Å². The van der Waals surface area contributed by atoms with E-state index in [0.29, 0.717) is 6.61 Å². The zero-order valence-electron chi connectivity index (χ0n) is 6.14. The zero-order chi connectivity index (χ0) is 7.68. The fourth-order valence-corrected chi connectivity index (χ4v) is 1.36. The molecule has 0 aromatic heterocycles. The van der Waals surface area contributed by atoms with Crippen LogP contribution in [0.1, 0.15) is 11.1 Å². The van der Waals surface area contributed by atoms with E-state index in [0.717, 1.165) is 24.2 Å². The van der Waals surface area contributed by atoms with Crippen molar-refractivity contribution in [1.82, 2.24) is 0 Å². The van der Waals surface area contributed by atoms with Crippen LogP contribution in [-0.4, -0.2) is 6.61 Å². The molecular formula is C9H9FO. The lowest BCUT2D eigenvalue weighted by molar-refractivity contribution is 0.108. The van der Waals surface area contributed by atoms with Crippen LogP contribution in [0.15, 0.2) is 18.2 Å². The molecule has 0 radical (unpaired) electrons. The van der Waals surface area contributed by atoms with E-state index in [2.05, 4.69) is 0 Å². The van der Waals surface area contributed by atoms with Crippen molar-refractivity contribution in [2.45, 2.75) is 13.0 Å². The predicted octanol–water partition coefficient (Wildman–Crippen LogP) is 1.90. The maximum Gasteiger partial charge on any atom is 0.128 e. The lowest BCUT2D eigenvalue weighted by Gasteiger charge is -2.16. The molecule has 1 aromatic carbocycles. The van der Waals surface area contributed by atoms with Crippen molar-refractivity contribution in [2.24, 2.45) is 0 Å². The first-order valence-corrected chi connectivity index (χ1v) is 3.72. The third-order valence-corrected chi connectivity index (χ3v) is 1.98. The highest BCUT2D eigenvalue weighted by atomic mass is 19.1. The minimum Gasteiger partial charge on any atom is -0.376 e. The standard InChI is InChI=1S/C9H9FO/c10-9-3-1-2-7-4-5-11-6-8(7)9/h1-3H,4-6H2. The van der Waals surface area contributed by atoms with Gasteiger partial charge in [0.15, 0.2) is 0 Å². The molecule has 0 spiro atoms. The van der Waals surface area contributed by atoms with E-state index in [1.807, 2.05) is 6.07 Å². The van der Waals surface area contributed by atoms with Crippen LogP contribution in [0.25, 0.3) is 0 Å². The van der Waals surface area contributed by atoms with Gasteiger partial charge in [0.25, 0.3) is 0 Å². The number of halogens is 1. The van der Waals surface area contributed by atoms with Gasteiger partial charge in [-0.05, 0) is 18.1 Å². The lowest BCUT2D eigenvalue weighted by atomic mass is 10.0. The molecule has 58 valence electrons. The minimum absolute atomic E-state index is 0.137. The van der Waals surface area contributed by atoms with Crippen LogP contribution in [0.3, 0.4) is 0 Å². The Bertz CT molecular complexity index is 270. The molecular weight excluding hydrogens is 143 g/mol. The van der Waals surface area contributed by atoms with E-state index in [1.54, 1.807) is 6.07 Å². The van der Waals surface area contributed by atoms with Crippen molar-refractivity contribution in [3.8, 4) is 0 Å². The van der Waals surface area contributed by atoms with Gasteiger partial charge >= 0.3 is 0 Å². The molecule has 0 aliphatic carbocycles. The quantitative estimate of drug-likeness (QED) is 0.551. The van der Waals surface area contributed by atoms with Crippen LogP contribution >= 0.6 is 0 Å². The number of hydrogen-bond donors (Lipinski definition) is 0. The smallest absolute Gasteiger partial charge is 0.128 e. The molecule has 0 unspecified atom stereocenters. The second kappa shape index (κ2) is 2.62. The summed E-state index contributed by atoms with van der Waals surface area (Å²) in [5.41, 5.74) is 1.83. The third-order valence-electron chi connectivity index (χ3n) is 1.98. The number of rotatable bonds is 0. The molecule has 0 amide bonds. The maximum atomic E-state index is 13.0. The van der Waals surface area contributed by atoms with E-state index in [4.69, 9.17) is 4.74 Å². The van der Waals surface area contributed by atoms with Crippen LogP contribution in [0.5, 0.6) is 0 Å². The molecule has 1 aliphatic heterocycles. The van der Waals surface area contributed by atoms with Gasteiger partial charge in [0, 0.05) is 5.56 Å². The molecule has 1 aromatic rings. The molecule has 1 heterocycles. The summed E-state index contributed by atoms with van der Waals surface area (Å²) in [6.45, 7) is 1.15. The fraction of sp³-hybridized carbons (Fsp3) is 0.333. The van der Waals surface area contributed by atoms with Gasteiger partial charge in [-0.25, -0.2) is 4.39 Å². The first-order valence-electron chi connectivity index (χ1n) is 3.72. The lowest BCUT2D eigenvalue weighted by Crippen LogP contribution is -2.11. The summed E-state index contributed by atoms with van der Waals surface area (Å²) < 4.78 is 18.1. The highest BCUT2D eigenvalue weighted by Crippen LogP contribution is 2.18. The molecule has 0 saturated heterocycles. The number of ether oxygens (including phenoxy) is 1. The topological polar surface area (TPSA) is 9.23 Å². The average molecular weight is 152 g/mol. The van der Waals surface area contributed by atoms with Crippen LogP contribution in [0, 0.1) is 5.82 Å². The molecule has 0 N–H and O–H groups in total. The molecule has 0 atom stereocenters. The summed E-state index contributed by atoms with van der Waals surface area (Å²) >= 11 is 0. The van der Waals surface area contributed by atoms with Crippen LogP contribution < -0.4 is 0 Å². The Kier molecular flexibility index (Phi) is 1.62. The highest BCUT2D eigenvalue weighted by Gasteiger charge is 2.12. The van der Waals surface area contributed by atoms with E-state index in [-0.39, 0.29) is 5.82 Å². The Morgan fingerprint density at radius 2 is 2.27 bits per heavy atom. The maximum absolute atomic E-state index is 13.0. The van der Waals surface area contributed by atoms with Crippen molar-refractivity contribution in [1.29, 1.82) is 0 Å². The zero-order valence-corrected chi connectivity index (χ0v) is 6.14. The normalized spacial score (nSPS) is 16.1. The molecule has 1 nitrogen and oxygen atoms in total. The second-order valence-electron chi connectivity index (χ2n) is 2.68. The summed E-state index contributed by atoms with van der Waals surface area (Å²) in [5, 5.41) is 0. The first-order chi connectivity index (χ1) is 5.38. The monoisotopic (exact) mass is 152 g/mol. The van der Waals surface area contributed by atoms with Gasteiger partial charge in [-0.1, -0.05) is 12.1 Å². The molecule has 2 rings (SSSR count). The Morgan fingerprint density at radius 1 is 1.36 bits per heavy atom. The first kappa shape index (κ1) is 6.80. The second-order valence-corrected chi connectivity index (χ2v) is 2.68.